The lowest BCUT2D eigenvalue weighted by Gasteiger charge is -2.15. The van der Waals surface area contributed by atoms with Gasteiger partial charge in [-0.2, -0.15) is 17.7 Å². The summed E-state index contributed by atoms with van der Waals surface area (Å²) in [6, 6.07) is 2.78. The van der Waals surface area contributed by atoms with Crippen molar-refractivity contribution >= 4 is 11.5 Å². The van der Waals surface area contributed by atoms with Crippen LogP contribution < -0.4 is 5.32 Å². The molecule has 2 atom stereocenters. The number of hydrogen-bond donors (Lipinski definition) is 2. The number of aromatic nitrogens is 4. The molecule has 2 unspecified atom stereocenters. The van der Waals surface area contributed by atoms with E-state index in [1.165, 1.54) is 12.1 Å². The van der Waals surface area contributed by atoms with E-state index in [1.54, 1.807) is 13.8 Å². The van der Waals surface area contributed by atoms with Crippen molar-refractivity contribution in [1.82, 2.24) is 19.8 Å². The smallest absolute Gasteiger partial charge is 0.393 e. The Morgan fingerprint density at radius 3 is 2.60 bits per heavy atom. The highest BCUT2D eigenvalue weighted by Gasteiger charge is 2.37. The molecular formula is C11H14F3N5O. The van der Waals surface area contributed by atoms with Crippen molar-refractivity contribution < 1.29 is 18.3 Å². The van der Waals surface area contributed by atoms with Gasteiger partial charge in [-0.15, -0.1) is 15.3 Å². The molecule has 2 N–H and O–H groups in total. The number of aliphatic hydroxyl groups excluding tert-OH is 1. The zero-order valence-electron chi connectivity index (χ0n) is 10.9. The molecule has 0 fully saturated rings. The number of alkyl halides is 3. The van der Waals surface area contributed by atoms with Crippen LogP contribution >= 0.6 is 0 Å². The number of aliphatic hydroxyl groups is 1. The third kappa shape index (κ3) is 3.16. The van der Waals surface area contributed by atoms with Crippen molar-refractivity contribution in [3.63, 3.8) is 0 Å². The highest BCUT2D eigenvalue weighted by atomic mass is 19.4. The number of anilines is 1. The first-order valence-corrected chi connectivity index (χ1v) is 6.01. The van der Waals surface area contributed by atoms with E-state index >= 15 is 0 Å². The minimum absolute atomic E-state index is 0.0195. The molecule has 2 rings (SSSR count). The van der Waals surface area contributed by atoms with E-state index in [2.05, 4.69) is 20.6 Å². The maximum absolute atomic E-state index is 12.7. The molecule has 0 amide bonds. The van der Waals surface area contributed by atoms with Crippen LogP contribution in [0.15, 0.2) is 12.1 Å². The van der Waals surface area contributed by atoms with Gasteiger partial charge in [0, 0.05) is 6.04 Å². The lowest BCUT2D eigenvalue weighted by atomic mass is 10.1. The van der Waals surface area contributed by atoms with E-state index in [0.717, 1.165) is 0 Å². The first-order valence-electron chi connectivity index (χ1n) is 6.01. The largest absolute Gasteiger partial charge is 0.453 e. The summed E-state index contributed by atoms with van der Waals surface area (Å²) in [5.41, 5.74) is 0.0195. The Morgan fingerprint density at radius 1 is 1.30 bits per heavy atom. The Labute approximate surface area is 112 Å². The van der Waals surface area contributed by atoms with Gasteiger partial charge < -0.3 is 10.4 Å². The van der Waals surface area contributed by atoms with Crippen LogP contribution in [0.25, 0.3) is 5.65 Å². The predicted octanol–water partition coefficient (Wildman–Crippen LogP) is 1.71. The average Bonchev–Trinajstić information content (AvgIpc) is 2.69. The van der Waals surface area contributed by atoms with Crippen LogP contribution in [0.2, 0.25) is 0 Å². The second-order valence-electron chi connectivity index (χ2n) is 4.64. The van der Waals surface area contributed by atoms with Gasteiger partial charge in [0.25, 0.3) is 5.82 Å². The van der Waals surface area contributed by atoms with Gasteiger partial charge in [0.05, 0.1) is 6.10 Å². The molecule has 0 bridgehead atoms. The molecule has 110 valence electrons. The van der Waals surface area contributed by atoms with Crippen LogP contribution in [0.4, 0.5) is 19.0 Å². The van der Waals surface area contributed by atoms with Crippen molar-refractivity contribution in [1.29, 1.82) is 0 Å². The van der Waals surface area contributed by atoms with E-state index in [0.29, 0.717) is 10.9 Å². The molecule has 0 saturated carbocycles. The Kier molecular flexibility index (Phi) is 3.80. The molecule has 9 heteroatoms. The van der Waals surface area contributed by atoms with Gasteiger partial charge in [-0.05, 0) is 32.4 Å². The third-order valence-electron chi connectivity index (χ3n) is 2.61. The van der Waals surface area contributed by atoms with Crippen LogP contribution in [-0.2, 0) is 6.18 Å². The molecule has 2 aromatic rings. The van der Waals surface area contributed by atoms with Crippen LogP contribution in [-0.4, -0.2) is 37.1 Å². The Balaban J connectivity index is 2.28. The van der Waals surface area contributed by atoms with Crippen molar-refractivity contribution in [2.24, 2.45) is 0 Å². The number of hydrogen-bond acceptors (Lipinski definition) is 5. The molecule has 0 radical (unpaired) electrons. The number of halogens is 3. The van der Waals surface area contributed by atoms with Crippen LogP contribution in [0.5, 0.6) is 0 Å². The number of nitrogens with one attached hydrogen (secondary N) is 1. The van der Waals surface area contributed by atoms with E-state index in [4.69, 9.17) is 0 Å². The van der Waals surface area contributed by atoms with Gasteiger partial charge in [-0.1, -0.05) is 0 Å². The fourth-order valence-electron chi connectivity index (χ4n) is 1.87. The zero-order valence-corrected chi connectivity index (χ0v) is 10.9. The van der Waals surface area contributed by atoms with Crippen molar-refractivity contribution in [3.8, 4) is 0 Å². The van der Waals surface area contributed by atoms with Gasteiger partial charge in [-0.3, -0.25) is 0 Å². The van der Waals surface area contributed by atoms with E-state index in [-0.39, 0.29) is 17.5 Å². The summed E-state index contributed by atoms with van der Waals surface area (Å²) in [7, 11) is 0. The number of rotatable bonds is 4. The number of fused-ring (bicyclic) bond motifs is 1. The SMILES string of the molecule is CC(O)CC(C)Nc1ccc2nnc(C(F)(F)F)n2n1. The lowest BCUT2D eigenvalue weighted by Crippen LogP contribution is -2.22. The predicted molar refractivity (Wildman–Crippen MR) is 65.2 cm³/mol. The standard InChI is InChI=1S/C11H14F3N5O/c1-6(5-7(2)20)15-8-3-4-9-16-17-10(11(12,13)14)19(9)18-8/h3-4,6-7,20H,5H2,1-2H3,(H,15,18). The van der Waals surface area contributed by atoms with E-state index in [9.17, 15) is 18.3 Å². The molecule has 0 aliphatic rings. The first kappa shape index (κ1) is 14.5. The zero-order chi connectivity index (χ0) is 14.9. The maximum atomic E-state index is 12.7. The van der Waals surface area contributed by atoms with Gasteiger partial charge in [0.2, 0.25) is 0 Å². The summed E-state index contributed by atoms with van der Waals surface area (Å²) in [6.45, 7) is 3.44. The summed E-state index contributed by atoms with van der Waals surface area (Å²) in [5, 5.41) is 22.5. The monoisotopic (exact) mass is 289 g/mol. The molecule has 0 aliphatic carbocycles. The van der Waals surface area contributed by atoms with Crippen molar-refractivity contribution in [3.05, 3.63) is 18.0 Å². The highest BCUT2D eigenvalue weighted by Crippen LogP contribution is 2.27. The first-order chi connectivity index (χ1) is 9.27. The normalized spacial score (nSPS) is 15.3. The summed E-state index contributed by atoms with van der Waals surface area (Å²) in [6.07, 6.45) is -4.67. The van der Waals surface area contributed by atoms with Gasteiger partial charge >= 0.3 is 6.18 Å². The lowest BCUT2D eigenvalue weighted by molar-refractivity contribution is -0.146. The minimum atomic E-state index is -4.61. The molecule has 2 heterocycles. The van der Waals surface area contributed by atoms with E-state index in [1.807, 2.05) is 0 Å². The van der Waals surface area contributed by atoms with Crippen molar-refractivity contribution in [2.45, 2.75) is 38.6 Å². The van der Waals surface area contributed by atoms with Crippen LogP contribution in [0.1, 0.15) is 26.1 Å². The Morgan fingerprint density at radius 2 is 2.00 bits per heavy atom. The minimum Gasteiger partial charge on any atom is -0.393 e. The van der Waals surface area contributed by atoms with Gasteiger partial charge in [0.1, 0.15) is 5.82 Å². The highest BCUT2D eigenvalue weighted by molar-refractivity contribution is 5.44. The molecule has 0 aliphatic heterocycles. The molecule has 2 aromatic heterocycles. The summed E-state index contributed by atoms with van der Waals surface area (Å²) in [4.78, 5) is 0. The van der Waals surface area contributed by atoms with E-state index < -0.39 is 18.1 Å². The molecule has 6 nitrogen and oxygen atoms in total. The second-order valence-corrected chi connectivity index (χ2v) is 4.64. The maximum Gasteiger partial charge on any atom is 0.453 e. The molecular weight excluding hydrogens is 275 g/mol. The molecule has 0 aromatic carbocycles. The van der Waals surface area contributed by atoms with Crippen LogP contribution in [0.3, 0.4) is 0 Å². The summed E-state index contributed by atoms with van der Waals surface area (Å²) >= 11 is 0. The third-order valence-corrected chi connectivity index (χ3v) is 2.61. The Hall–Kier alpha value is -1.90. The van der Waals surface area contributed by atoms with Gasteiger partial charge in [0.15, 0.2) is 5.65 Å². The fraction of sp³-hybridized carbons (Fsp3) is 0.545. The average molecular weight is 289 g/mol. The quantitative estimate of drug-likeness (QED) is 0.896. The van der Waals surface area contributed by atoms with Crippen LogP contribution in [0, 0.1) is 0 Å². The summed E-state index contributed by atoms with van der Waals surface area (Å²) in [5.74, 6) is -0.907. The molecule has 20 heavy (non-hydrogen) atoms. The Bertz CT molecular complexity index is 595. The topological polar surface area (TPSA) is 75.3 Å². The molecule has 0 saturated heterocycles. The van der Waals surface area contributed by atoms with Crippen molar-refractivity contribution in [2.75, 3.05) is 5.32 Å². The number of nitrogens with zero attached hydrogens (tertiary/aromatic N) is 4. The second kappa shape index (κ2) is 5.23. The molecule has 0 spiro atoms. The summed E-state index contributed by atoms with van der Waals surface area (Å²) < 4.78 is 38.8. The fourth-order valence-corrected chi connectivity index (χ4v) is 1.87. The van der Waals surface area contributed by atoms with Gasteiger partial charge in [-0.25, -0.2) is 0 Å².